The maximum atomic E-state index is 14.0. The maximum absolute atomic E-state index is 14.0. The van der Waals surface area contributed by atoms with Gasteiger partial charge in [0.2, 0.25) is 17.6 Å². The number of carbonyl (C=O) groups is 2. The molecule has 1 saturated carbocycles. The molecule has 266 valence electrons. The number of rotatable bonds is 13. The van der Waals surface area contributed by atoms with Gasteiger partial charge >= 0.3 is 6.18 Å². The Hall–Kier alpha value is -4.66. The number of alkyl halides is 3. The van der Waals surface area contributed by atoms with E-state index in [1.807, 2.05) is 55.6 Å². The third-order valence-corrected chi connectivity index (χ3v) is 8.88. The van der Waals surface area contributed by atoms with Gasteiger partial charge in [-0.05, 0) is 107 Å². The Kier molecular flexibility index (Phi) is 12.0. The van der Waals surface area contributed by atoms with E-state index in [1.165, 1.54) is 24.3 Å². The Labute approximate surface area is 289 Å². The molecule has 1 aliphatic rings. The smallest absolute Gasteiger partial charge is 0.451 e. The second-order valence-corrected chi connectivity index (χ2v) is 12.9. The molecule has 5 rings (SSSR count). The second-order valence-electron chi connectivity index (χ2n) is 12.9. The van der Waals surface area contributed by atoms with E-state index >= 15 is 0 Å². The molecule has 4 aromatic rings. The second kappa shape index (κ2) is 16.4. The summed E-state index contributed by atoms with van der Waals surface area (Å²) in [6, 6.07) is 16.2. The summed E-state index contributed by atoms with van der Waals surface area (Å²) < 4.78 is 44.9. The number of imide groups is 1. The van der Waals surface area contributed by atoms with Crippen molar-refractivity contribution in [3.63, 3.8) is 0 Å². The van der Waals surface area contributed by atoms with Crippen LogP contribution in [-0.4, -0.2) is 76.7 Å². The first kappa shape index (κ1) is 36.6. The number of hydrogen-bond donors (Lipinski definition) is 3. The average molecular weight is 693 g/mol. The number of nitrogens with two attached hydrogens (primary N) is 2. The lowest BCUT2D eigenvalue weighted by atomic mass is 9.81. The van der Waals surface area contributed by atoms with Crippen molar-refractivity contribution in [2.75, 3.05) is 38.7 Å². The molecule has 1 aliphatic carbocycles. The molecule has 2 amide bonds. The van der Waals surface area contributed by atoms with Crippen LogP contribution in [0.25, 0.3) is 22.5 Å². The molecule has 1 atom stereocenters. The largest absolute Gasteiger partial charge is 0.478 e. The van der Waals surface area contributed by atoms with Gasteiger partial charge in [-0.15, -0.1) is 0 Å². The van der Waals surface area contributed by atoms with E-state index in [-0.39, 0.29) is 29.4 Å². The van der Waals surface area contributed by atoms with E-state index in [0.29, 0.717) is 37.8 Å². The fourth-order valence-corrected chi connectivity index (χ4v) is 6.05. The summed E-state index contributed by atoms with van der Waals surface area (Å²) in [5.74, 6) is -1.86. The average Bonchev–Trinajstić information content (AvgIpc) is 3.62. The Morgan fingerprint density at radius 1 is 1.00 bits per heavy atom. The van der Waals surface area contributed by atoms with Crippen LogP contribution in [0.3, 0.4) is 0 Å². The molecule has 0 spiro atoms. The lowest BCUT2D eigenvalue weighted by Crippen LogP contribution is -2.50. The number of aromatic nitrogens is 4. The summed E-state index contributed by atoms with van der Waals surface area (Å²) in [5, 5.41) is 5.57. The fraction of sp³-hybridized carbons (Fsp3) is 0.417. The number of amides is 2. The van der Waals surface area contributed by atoms with E-state index in [2.05, 4.69) is 20.0 Å². The molecule has 50 heavy (non-hydrogen) atoms. The predicted molar refractivity (Wildman–Crippen MR) is 184 cm³/mol. The molecule has 0 aliphatic heterocycles. The molecule has 2 heterocycles. The van der Waals surface area contributed by atoms with Crippen molar-refractivity contribution in [3.8, 4) is 28.4 Å². The first-order valence-corrected chi connectivity index (χ1v) is 16.7. The highest BCUT2D eigenvalue weighted by molar-refractivity contribution is 6.17. The minimum Gasteiger partial charge on any atom is -0.478 e. The molecule has 2 aromatic carbocycles. The summed E-state index contributed by atoms with van der Waals surface area (Å²) >= 11 is 0. The van der Waals surface area contributed by atoms with Crippen molar-refractivity contribution in [3.05, 3.63) is 78.2 Å². The number of pyridine rings is 1. The Balaban J connectivity index is 1.32. The highest BCUT2D eigenvalue weighted by Gasteiger charge is 2.36. The van der Waals surface area contributed by atoms with Gasteiger partial charge in [0.05, 0.1) is 18.3 Å². The third-order valence-electron chi connectivity index (χ3n) is 8.88. The van der Waals surface area contributed by atoms with Crippen LogP contribution in [0.5, 0.6) is 5.88 Å². The van der Waals surface area contributed by atoms with Gasteiger partial charge in [-0.25, -0.2) is 14.9 Å². The van der Waals surface area contributed by atoms with Crippen molar-refractivity contribution in [1.82, 2.24) is 25.1 Å². The molecule has 5 N–H and O–H groups in total. The zero-order chi connectivity index (χ0) is 35.8. The van der Waals surface area contributed by atoms with Gasteiger partial charge in [-0.1, -0.05) is 24.3 Å². The number of H-pyrrole nitrogens is 1. The number of ether oxygens (including phenoxy) is 1. The highest BCUT2D eigenvalue weighted by Crippen LogP contribution is 2.33. The van der Waals surface area contributed by atoms with Gasteiger partial charge in [-0.2, -0.15) is 18.3 Å². The van der Waals surface area contributed by atoms with Crippen molar-refractivity contribution in [2.45, 2.75) is 50.7 Å². The van der Waals surface area contributed by atoms with Crippen LogP contribution in [0.2, 0.25) is 0 Å². The minimum absolute atomic E-state index is 0.159. The summed E-state index contributed by atoms with van der Waals surface area (Å²) in [6.07, 6.45) is 0.826. The zero-order valence-electron chi connectivity index (χ0n) is 28.2. The first-order valence-electron chi connectivity index (χ1n) is 16.7. The lowest BCUT2D eigenvalue weighted by Gasteiger charge is -2.32. The topological polar surface area (TPSA) is 156 Å². The number of aromatic amines is 1. The molecule has 0 radical (unpaired) electrons. The number of hydrogen-bond acceptors (Lipinski definition) is 9. The van der Waals surface area contributed by atoms with Crippen LogP contribution >= 0.6 is 0 Å². The van der Waals surface area contributed by atoms with E-state index < -0.39 is 29.9 Å². The number of halogens is 3. The van der Waals surface area contributed by atoms with Crippen molar-refractivity contribution < 1.29 is 27.5 Å². The first-order chi connectivity index (χ1) is 23.9. The number of carbonyl (C=O) groups excluding carboxylic acids is 2. The number of nitrogens with one attached hydrogen (secondary N) is 1. The normalized spacial score (nSPS) is 17.0. The van der Waals surface area contributed by atoms with E-state index in [1.54, 1.807) is 6.20 Å². The molecule has 0 unspecified atom stereocenters. The van der Waals surface area contributed by atoms with Crippen LogP contribution in [0.4, 0.5) is 18.9 Å². The molecule has 2 aromatic heterocycles. The minimum atomic E-state index is -4.68. The Morgan fingerprint density at radius 2 is 1.72 bits per heavy atom. The monoisotopic (exact) mass is 692 g/mol. The number of anilines is 1. The summed E-state index contributed by atoms with van der Waals surface area (Å²) in [5.41, 5.74) is 15.5. The van der Waals surface area contributed by atoms with Crippen molar-refractivity contribution in [2.24, 2.45) is 23.3 Å². The van der Waals surface area contributed by atoms with Gasteiger partial charge in [0.15, 0.2) is 5.82 Å². The maximum Gasteiger partial charge on any atom is 0.451 e. The van der Waals surface area contributed by atoms with Gasteiger partial charge in [0.25, 0.3) is 5.91 Å². The van der Waals surface area contributed by atoms with Gasteiger partial charge < -0.3 is 21.1 Å². The predicted octanol–water partition coefficient (Wildman–Crippen LogP) is 5.08. The molecular weight excluding hydrogens is 649 g/mol. The van der Waals surface area contributed by atoms with Crippen LogP contribution in [-0.2, 0) is 22.2 Å². The summed E-state index contributed by atoms with van der Waals surface area (Å²) in [6.45, 7) is 2.02. The van der Waals surface area contributed by atoms with Crippen molar-refractivity contribution in [1.29, 1.82) is 0 Å². The summed E-state index contributed by atoms with van der Waals surface area (Å²) in [4.78, 5) is 39.2. The van der Waals surface area contributed by atoms with E-state index in [4.69, 9.17) is 16.2 Å². The molecule has 1 fully saturated rings. The zero-order valence-corrected chi connectivity index (χ0v) is 28.2. The van der Waals surface area contributed by atoms with Crippen LogP contribution in [0.1, 0.15) is 43.5 Å². The highest BCUT2D eigenvalue weighted by atomic mass is 19.4. The SMILES string of the molecule is CN(C)CCCOc1ccc(-c2cccc(C[C@H](N)C(=O)N(C(=O)C3CCC(CN)CC3)c3ccc(-c4n[nH]c(C(F)(F)F)n4)cc3)c2)cn1. The lowest BCUT2D eigenvalue weighted by molar-refractivity contribution is -0.144. The van der Waals surface area contributed by atoms with E-state index in [0.717, 1.165) is 47.4 Å². The molecule has 0 saturated heterocycles. The van der Waals surface area contributed by atoms with Crippen LogP contribution < -0.4 is 21.1 Å². The molecule has 0 bridgehead atoms. The summed E-state index contributed by atoms with van der Waals surface area (Å²) in [7, 11) is 4.02. The quantitative estimate of drug-likeness (QED) is 0.163. The standard InChI is InChI=1S/C36H43F3N8O3/c1-46(2)17-4-18-50-31-16-13-28(22-42-31)27-6-3-5-24(19-27)20-30(41)34(49)47(33(48)26-9-7-23(21-40)8-10-26)29-14-11-25(12-15-29)32-43-35(45-44-32)36(37,38)39/h3,5-6,11-16,19,22-23,26,30H,4,7-10,17-18,20-21,40-41H2,1-2H3,(H,43,44,45)/t23?,26?,30-/m0/s1. The third kappa shape index (κ3) is 9.31. The molecular formula is C36H43F3N8O3. The van der Waals surface area contributed by atoms with Crippen molar-refractivity contribution >= 4 is 17.5 Å². The van der Waals surface area contributed by atoms with Crippen LogP contribution in [0.15, 0.2) is 66.9 Å². The van der Waals surface area contributed by atoms with Crippen LogP contribution in [0, 0.1) is 11.8 Å². The number of benzene rings is 2. The van der Waals surface area contributed by atoms with Gasteiger partial charge in [0, 0.05) is 35.9 Å². The Bertz CT molecular complexity index is 1720. The number of nitrogens with zero attached hydrogens (tertiary/aromatic N) is 5. The van der Waals surface area contributed by atoms with E-state index in [9.17, 15) is 22.8 Å². The fourth-order valence-electron chi connectivity index (χ4n) is 6.05. The Morgan fingerprint density at radius 3 is 2.34 bits per heavy atom. The molecule has 14 heteroatoms. The molecule has 11 nitrogen and oxygen atoms in total. The van der Waals surface area contributed by atoms with Gasteiger partial charge in [-0.3, -0.25) is 14.7 Å². The van der Waals surface area contributed by atoms with Gasteiger partial charge in [0.1, 0.15) is 0 Å².